The predicted molar refractivity (Wildman–Crippen MR) is 115 cm³/mol. The van der Waals surface area contributed by atoms with Crippen LogP contribution in [-0.2, 0) is 17.9 Å². The molecule has 1 unspecified atom stereocenters. The lowest BCUT2D eigenvalue weighted by molar-refractivity contribution is 0.374. The van der Waals surface area contributed by atoms with Crippen LogP contribution >= 0.6 is 0 Å². The van der Waals surface area contributed by atoms with Crippen LogP contribution in [-0.4, -0.2) is 53.3 Å². The smallest absolute Gasteiger partial charge is 0.488 e. The molecule has 11 nitrogen and oxygen atoms in total. The van der Waals surface area contributed by atoms with Crippen LogP contribution < -0.4 is 20.7 Å². The maximum Gasteiger partial charge on any atom is 0.488 e. The monoisotopic (exact) mass is 439 g/mol. The standard InChI is InChI=1S/C18H18BN7O4S/c1-30-18-24-15-13(6-3-7-14(15)31(20)29)26(18)17-23-10-22-16(25-17)21-9-11-4-2-5-12(8-11)19(27)28/h2-8,10,27-28H,9,20H2,1H3,(H,21,22,23,25). The maximum atomic E-state index is 11.9. The van der Waals surface area contributed by atoms with Crippen molar-refractivity contribution in [1.82, 2.24) is 24.5 Å². The summed E-state index contributed by atoms with van der Waals surface area (Å²) in [7, 11) is -0.0850. The number of hydrogen-bond acceptors (Lipinski definition) is 10. The second-order valence-electron chi connectivity index (χ2n) is 6.44. The molecule has 5 N–H and O–H groups in total. The van der Waals surface area contributed by atoms with Crippen molar-refractivity contribution in [2.45, 2.75) is 11.4 Å². The van der Waals surface area contributed by atoms with Gasteiger partial charge < -0.3 is 24.7 Å². The summed E-state index contributed by atoms with van der Waals surface area (Å²) in [5.74, 6) is 0.541. The molecule has 0 saturated carbocycles. The van der Waals surface area contributed by atoms with Crippen molar-refractivity contribution in [3.05, 3.63) is 54.4 Å². The molecule has 2 heterocycles. The lowest BCUT2D eigenvalue weighted by atomic mass is 9.80. The van der Waals surface area contributed by atoms with Crippen LogP contribution in [0.1, 0.15) is 5.56 Å². The Morgan fingerprint density at radius 3 is 2.74 bits per heavy atom. The van der Waals surface area contributed by atoms with Gasteiger partial charge >= 0.3 is 13.1 Å². The fourth-order valence-electron chi connectivity index (χ4n) is 3.07. The minimum atomic E-state index is -1.72. The van der Waals surface area contributed by atoms with Crippen LogP contribution in [0, 0.1) is 0 Å². The molecule has 31 heavy (non-hydrogen) atoms. The molecule has 0 aliphatic heterocycles. The average molecular weight is 439 g/mol. The first-order valence-corrected chi connectivity index (χ1v) is 10.3. The number of ether oxygens (including phenoxy) is 1. The van der Waals surface area contributed by atoms with Crippen molar-refractivity contribution in [2.24, 2.45) is 5.14 Å². The molecular formula is C18H18BN7O4S. The van der Waals surface area contributed by atoms with Gasteiger partial charge in [0.1, 0.15) is 11.8 Å². The minimum Gasteiger partial charge on any atom is -0.593 e. The summed E-state index contributed by atoms with van der Waals surface area (Å²) >= 11 is -1.72. The summed E-state index contributed by atoms with van der Waals surface area (Å²) in [6.45, 7) is 0.349. The van der Waals surface area contributed by atoms with Gasteiger partial charge in [0.2, 0.25) is 16.8 Å². The molecule has 0 spiro atoms. The number of rotatable bonds is 7. The van der Waals surface area contributed by atoms with Crippen LogP contribution in [0.25, 0.3) is 17.0 Å². The first-order chi connectivity index (χ1) is 15.0. The predicted octanol–water partition coefficient (Wildman–Crippen LogP) is -0.508. The zero-order valence-corrected chi connectivity index (χ0v) is 17.2. The van der Waals surface area contributed by atoms with Crippen LogP contribution in [0.2, 0.25) is 0 Å². The van der Waals surface area contributed by atoms with E-state index < -0.39 is 18.5 Å². The van der Waals surface area contributed by atoms with E-state index in [0.717, 1.165) is 5.56 Å². The third kappa shape index (κ3) is 4.31. The van der Waals surface area contributed by atoms with Crippen LogP contribution in [0.5, 0.6) is 6.01 Å². The highest BCUT2D eigenvalue weighted by Gasteiger charge is 2.22. The number of aromatic nitrogens is 5. The second-order valence-corrected chi connectivity index (χ2v) is 7.47. The van der Waals surface area contributed by atoms with Crippen molar-refractivity contribution in [3.63, 3.8) is 0 Å². The van der Waals surface area contributed by atoms with E-state index in [1.165, 1.54) is 13.4 Å². The molecule has 0 radical (unpaired) electrons. The van der Waals surface area contributed by atoms with Crippen LogP contribution in [0.3, 0.4) is 0 Å². The van der Waals surface area contributed by atoms with Crippen LogP contribution in [0.4, 0.5) is 5.95 Å². The van der Waals surface area contributed by atoms with Gasteiger partial charge in [0.15, 0.2) is 0 Å². The summed E-state index contributed by atoms with van der Waals surface area (Å²) in [5.41, 5.74) is 2.20. The zero-order chi connectivity index (χ0) is 22.0. The Bertz CT molecular complexity index is 1220. The molecule has 2 aromatic carbocycles. The van der Waals surface area contributed by atoms with Crippen molar-refractivity contribution in [2.75, 3.05) is 12.4 Å². The molecule has 2 aromatic heterocycles. The van der Waals surface area contributed by atoms with E-state index in [9.17, 15) is 14.6 Å². The Balaban J connectivity index is 1.66. The molecule has 0 bridgehead atoms. The van der Waals surface area contributed by atoms with Crippen molar-refractivity contribution in [3.8, 4) is 12.0 Å². The lowest BCUT2D eigenvalue weighted by Gasteiger charge is -2.09. The third-order valence-electron chi connectivity index (χ3n) is 4.48. The fraction of sp³-hybridized carbons (Fsp3) is 0.111. The molecular weight excluding hydrogens is 421 g/mol. The van der Waals surface area contributed by atoms with E-state index in [1.54, 1.807) is 41.0 Å². The number of imidazole rings is 1. The number of para-hydroxylation sites is 1. The molecule has 4 rings (SSSR count). The number of hydrogen-bond donors (Lipinski definition) is 4. The highest BCUT2D eigenvalue weighted by molar-refractivity contribution is 7.89. The number of fused-ring (bicyclic) bond motifs is 1. The first kappa shape index (κ1) is 21.0. The van der Waals surface area contributed by atoms with Gasteiger partial charge in [0.05, 0.1) is 24.0 Å². The summed E-state index contributed by atoms with van der Waals surface area (Å²) in [4.78, 5) is 17.5. The summed E-state index contributed by atoms with van der Waals surface area (Å²) in [6, 6.07) is 12.2. The highest BCUT2D eigenvalue weighted by Crippen LogP contribution is 2.28. The number of anilines is 1. The van der Waals surface area contributed by atoms with Gasteiger partial charge in [-0.1, -0.05) is 30.3 Å². The number of nitrogens with two attached hydrogens (primary N) is 1. The van der Waals surface area contributed by atoms with E-state index >= 15 is 0 Å². The lowest BCUT2D eigenvalue weighted by Crippen LogP contribution is -2.30. The molecule has 0 fully saturated rings. The molecule has 0 aliphatic carbocycles. The second kappa shape index (κ2) is 8.87. The maximum absolute atomic E-state index is 11.9. The van der Waals surface area contributed by atoms with E-state index in [0.29, 0.717) is 33.9 Å². The minimum absolute atomic E-state index is 0.203. The van der Waals surface area contributed by atoms with Gasteiger partial charge in [-0.15, -0.1) is 5.14 Å². The SMILES string of the molecule is COc1nc2c([S+](N)[O-])cccc2n1-c1ncnc(NCc2cccc(B(O)O)c2)n1. The topological polar surface area (TPSA) is 167 Å². The Kier molecular flexibility index (Phi) is 6.02. The van der Waals surface area contributed by atoms with E-state index in [2.05, 4.69) is 25.3 Å². The molecule has 0 aliphatic rings. The van der Waals surface area contributed by atoms with Gasteiger partial charge in [-0.3, -0.25) is 0 Å². The third-order valence-corrected chi connectivity index (χ3v) is 5.24. The van der Waals surface area contributed by atoms with E-state index in [4.69, 9.17) is 9.88 Å². The molecule has 0 saturated heterocycles. The highest BCUT2D eigenvalue weighted by atomic mass is 32.2. The Hall–Kier alpha value is -3.23. The molecule has 158 valence electrons. The molecule has 1 atom stereocenters. The fourth-order valence-corrected chi connectivity index (χ4v) is 3.62. The van der Waals surface area contributed by atoms with Gasteiger partial charge in [0.25, 0.3) is 0 Å². The Morgan fingerprint density at radius 1 is 1.19 bits per heavy atom. The average Bonchev–Trinajstić information content (AvgIpc) is 3.16. The first-order valence-electron chi connectivity index (χ1n) is 9.08. The number of methoxy groups -OCH3 is 1. The van der Waals surface area contributed by atoms with Crippen molar-refractivity contribution >= 4 is 40.9 Å². The zero-order valence-electron chi connectivity index (χ0n) is 16.3. The molecule has 13 heteroatoms. The van der Waals surface area contributed by atoms with Gasteiger partial charge in [-0.2, -0.15) is 9.97 Å². The number of benzene rings is 2. The Morgan fingerprint density at radius 2 is 2.00 bits per heavy atom. The normalized spacial score (nSPS) is 12.0. The molecule has 4 aromatic rings. The van der Waals surface area contributed by atoms with Gasteiger partial charge in [-0.05, 0) is 23.2 Å². The van der Waals surface area contributed by atoms with Crippen LogP contribution in [0.15, 0.2) is 53.7 Å². The van der Waals surface area contributed by atoms with Crippen molar-refractivity contribution in [1.29, 1.82) is 0 Å². The quantitative estimate of drug-likeness (QED) is 0.218. The van der Waals surface area contributed by atoms with E-state index in [-0.39, 0.29) is 12.0 Å². The Labute approximate surface area is 180 Å². The van der Waals surface area contributed by atoms with E-state index in [1.807, 2.05) is 6.07 Å². The number of nitrogens with one attached hydrogen (secondary N) is 1. The van der Waals surface area contributed by atoms with Gasteiger partial charge in [0, 0.05) is 6.54 Å². The summed E-state index contributed by atoms with van der Waals surface area (Å²) in [6.07, 6.45) is 1.34. The number of nitrogens with zero attached hydrogens (tertiary/aromatic N) is 5. The van der Waals surface area contributed by atoms with Crippen molar-refractivity contribution < 1.29 is 19.3 Å². The largest absolute Gasteiger partial charge is 0.593 e. The molecule has 0 amide bonds. The van der Waals surface area contributed by atoms with Gasteiger partial charge in [-0.25, -0.2) is 14.5 Å². The summed E-state index contributed by atoms with van der Waals surface area (Å²) < 4.78 is 18.8. The summed E-state index contributed by atoms with van der Waals surface area (Å²) in [5, 5.41) is 27.3.